The predicted octanol–water partition coefficient (Wildman–Crippen LogP) is 0.892. The van der Waals surface area contributed by atoms with Gasteiger partial charge < -0.3 is 14.8 Å². The molecule has 0 radical (unpaired) electrons. The largest absolute Gasteiger partial charge is 0.493 e. The highest BCUT2D eigenvalue weighted by atomic mass is 16.5. The van der Waals surface area contributed by atoms with E-state index in [1.54, 1.807) is 20.4 Å². The molecule has 2 rings (SSSR count). The van der Waals surface area contributed by atoms with Crippen molar-refractivity contribution < 1.29 is 9.47 Å². The van der Waals surface area contributed by atoms with Gasteiger partial charge in [0.25, 0.3) is 0 Å². The number of pyridine rings is 1. The van der Waals surface area contributed by atoms with Crippen molar-refractivity contribution >= 4 is 0 Å². The van der Waals surface area contributed by atoms with Gasteiger partial charge in [-0.05, 0) is 20.0 Å². The van der Waals surface area contributed by atoms with Gasteiger partial charge in [0.05, 0.1) is 14.2 Å². The van der Waals surface area contributed by atoms with Crippen molar-refractivity contribution in [1.82, 2.24) is 15.2 Å². The van der Waals surface area contributed by atoms with Crippen LogP contribution in [-0.2, 0) is 6.54 Å². The van der Waals surface area contributed by atoms with Crippen molar-refractivity contribution in [1.29, 1.82) is 0 Å². The number of hydrogen-bond donors (Lipinski definition) is 1. The van der Waals surface area contributed by atoms with Crippen LogP contribution in [0.3, 0.4) is 0 Å². The molecule has 0 aromatic carbocycles. The summed E-state index contributed by atoms with van der Waals surface area (Å²) in [6.07, 6.45) is 2.94. The Kier molecular flexibility index (Phi) is 4.38. The summed E-state index contributed by atoms with van der Waals surface area (Å²) in [4.78, 5) is 6.71. The molecule has 5 heteroatoms. The van der Waals surface area contributed by atoms with Crippen LogP contribution in [0.1, 0.15) is 12.1 Å². The van der Waals surface area contributed by atoms with E-state index in [-0.39, 0.29) is 0 Å². The fraction of sp³-hybridized carbons (Fsp3) is 0.615. The number of methoxy groups -OCH3 is 2. The van der Waals surface area contributed by atoms with E-state index in [1.165, 1.54) is 6.42 Å². The summed E-state index contributed by atoms with van der Waals surface area (Å²) in [5.41, 5.74) is 0.922. The van der Waals surface area contributed by atoms with E-state index >= 15 is 0 Å². The maximum absolute atomic E-state index is 5.40. The molecule has 1 aliphatic rings. The molecule has 5 nitrogen and oxygen atoms in total. The molecule has 1 aliphatic heterocycles. The molecule has 100 valence electrons. The van der Waals surface area contributed by atoms with Crippen molar-refractivity contribution in [2.24, 2.45) is 0 Å². The number of rotatable bonds is 5. The Morgan fingerprint density at radius 1 is 1.44 bits per heavy atom. The molecule has 0 amide bonds. The smallest absolute Gasteiger partial charge is 0.183 e. The number of nitrogens with zero attached hydrogens (tertiary/aromatic N) is 2. The Hall–Kier alpha value is -1.33. The lowest BCUT2D eigenvalue weighted by molar-refractivity contribution is 0.240. The zero-order valence-electron chi connectivity index (χ0n) is 11.3. The van der Waals surface area contributed by atoms with E-state index in [9.17, 15) is 0 Å². The Balaban J connectivity index is 2.12. The number of hydrogen-bond acceptors (Lipinski definition) is 5. The van der Waals surface area contributed by atoms with Crippen LogP contribution in [0.2, 0.25) is 0 Å². The molecule has 1 fully saturated rings. The van der Waals surface area contributed by atoms with E-state index < -0.39 is 0 Å². The van der Waals surface area contributed by atoms with E-state index in [1.807, 2.05) is 6.07 Å². The van der Waals surface area contributed by atoms with Gasteiger partial charge in [-0.15, -0.1) is 0 Å². The van der Waals surface area contributed by atoms with Gasteiger partial charge >= 0.3 is 0 Å². The molecule has 0 bridgehead atoms. The monoisotopic (exact) mass is 251 g/mol. The highest BCUT2D eigenvalue weighted by Gasteiger charge is 2.21. The normalized spacial score (nSPS) is 19.2. The van der Waals surface area contributed by atoms with Crippen molar-refractivity contribution in [2.45, 2.75) is 19.0 Å². The second-order valence-electron chi connectivity index (χ2n) is 4.55. The third-order valence-corrected chi connectivity index (χ3v) is 3.42. The van der Waals surface area contributed by atoms with Gasteiger partial charge in [-0.2, -0.15) is 0 Å². The van der Waals surface area contributed by atoms with Gasteiger partial charge in [-0.3, -0.25) is 9.88 Å². The summed E-state index contributed by atoms with van der Waals surface area (Å²) in [5.74, 6) is 1.47. The molecular formula is C13H21N3O2. The van der Waals surface area contributed by atoms with Crippen LogP contribution in [0.4, 0.5) is 0 Å². The summed E-state index contributed by atoms with van der Waals surface area (Å²) in [7, 11) is 5.42. The van der Waals surface area contributed by atoms with Gasteiger partial charge in [0.15, 0.2) is 11.5 Å². The van der Waals surface area contributed by atoms with Crippen LogP contribution >= 0.6 is 0 Å². The van der Waals surface area contributed by atoms with Crippen LogP contribution < -0.4 is 14.8 Å². The van der Waals surface area contributed by atoms with Crippen molar-refractivity contribution in [3.63, 3.8) is 0 Å². The van der Waals surface area contributed by atoms with E-state index in [0.29, 0.717) is 6.04 Å². The van der Waals surface area contributed by atoms with Gasteiger partial charge in [-0.1, -0.05) is 0 Å². The second-order valence-corrected chi connectivity index (χ2v) is 4.55. The predicted molar refractivity (Wildman–Crippen MR) is 70.1 cm³/mol. The number of ether oxygens (including phenoxy) is 2. The van der Waals surface area contributed by atoms with Gasteiger partial charge in [-0.25, -0.2) is 0 Å². The van der Waals surface area contributed by atoms with Crippen LogP contribution in [0.25, 0.3) is 0 Å². The third-order valence-electron chi connectivity index (χ3n) is 3.42. The van der Waals surface area contributed by atoms with E-state index in [2.05, 4.69) is 22.2 Å². The highest BCUT2D eigenvalue weighted by Crippen LogP contribution is 2.30. The summed E-state index contributed by atoms with van der Waals surface area (Å²) in [5, 5.41) is 3.37. The molecular weight excluding hydrogens is 230 g/mol. The molecule has 1 N–H and O–H groups in total. The quantitative estimate of drug-likeness (QED) is 0.842. The second kappa shape index (κ2) is 6.02. The molecule has 1 aromatic heterocycles. The summed E-state index contributed by atoms with van der Waals surface area (Å²) >= 11 is 0. The zero-order valence-corrected chi connectivity index (χ0v) is 11.3. The molecule has 18 heavy (non-hydrogen) atoms. The minimum atomic E-state index is 0.572. The molecule has 2 heterocycles. The Morgan fingerprint density at radius 3 is 2.89 bits per heavy atom. The zero-order chi connectivity index (χ0) is 13.0. The molecule has 1 atom stereocenters. The fourth-order valence-corrected chi connectivity index (χ4v) is 2.34. The van der Waals surface area contributed by atoms with Crippen molar-refractivity contribution in [2.75, 3.05) is 34.4 Å². The van der Waals surface area contributed by atoms with Crippen molar-refractivity contribution in [3.8, 4) is 11.5 Å². The lowest BCUT2D eigenvalue weighted by Crippen LogP contribution is -2.33. The maximum Gasteiger partial charge on any atom is 0.183 e. The third kappa shape index (κ3) is 2.73. The van der Waals surface area contributed by atoms with E-state index in [4.69, 9.17) is 9.47 Å². The molecule has 1 aromatic rings. The molecule has 1 unspecified atom stereocenters. The van der Waals surface area contributed by atoms with Crippen LogP contribution in [0, 0.1) is 0 Å². The molecule has 0 saturated carbocycles. The van der Waals surface area contributed by atoms with Crippen LogP contribution in [0.15, 0.2) is 12.3 Å². The first-order valence-electron chi connectivity index (χ1n) is 6.23. The average molecular weight is 251 g/mol. The van der Waals surface area contributed by atoms with Gasteiger partial charge in [0.2, 0.25) is 0 Å². The standard InChI is InChI=1S/C13H21N3O2/c1-16(10-4-6-14-8-10)9-11-13(18-3)12(17-2)5-7-15-11/h5,7,10,14H,4,6,8-9H2,1-3H3. The number of likely N-dealkylation sites (N-methyl/N-ethyl adjacent to an activating group) is 1. The Morgan fingerprint density at radius 2 is 2.28 bits per heavy atom. The summed E-state index contributed by atoms with van der Waals surface area (Å²) in [6.45, 7) is 2.91. The van der Waals surface area contributed by atoms with Gasteiger partial charge in [0.1, 0.15) is 5.69 Å². The summed E-state index contributed by atoms with van der Waals surface area (Å²) < 4.78 is 10.7. The minimum absolute atomic E-state index is 0.572. The van der Waals surface area contributed by atoms with Crippen LogP contribution in [-0.4, -0.2) is 50.3 Å². The van der Waals surface area contributed by atoms with Gasteiger partial charge in [0, 0.05) is 31.4 Å². The lowest BCUT2D eigenvalue weighted by Gasteiger charge is -2.24. The Bertz CT molecular complexity index is 392. The number of aromatic nitrogens is 1. The topological polar surface area (TPSA) is 46.6 Å². The SMILES string of the molecule is COc1ccnc(CN(C)C2CCNC2)c1OC. The maximum atomic E-state index is 5.40. The number of nitrogens with one attached hydrogen (secondary N) is 1. The first-order chi connectivity index (χ1) is 8.76. The highest BCUT2D eigenvalue weighted by molar-refractivity contribution is 5.42. The average Bonchev–Trinajstić information content (AvgIpc) is 2.92. The first-order valence-corrected chi connectivity index (χ1v) is 6.23. The minimum Gasteiger partial charge on any atom is -0.493 e. The molecule has 0 spiro atoms. The molecule has 1 saturated heterocycles. The fourth-order valence-electron chi connectivity index (χ4n) is 2.34. The summed E-state index contributed by atoms with van der Waals surface area (Å²) in [6, 6.07) is 2.39. The lowest BCUT2D eigenvalue weighted by atomic mass is 10.2. The van der Waals surface area contributed by atoms with Crippen LogP contribution in [0.5, 0.6) is 11.5 Å². The first kappa shape index (κ1) is 13.1. The van der Waals surface area contributed by atoms with Crippen molar-refractivity contribution in [3.05, 3.63) is 18.0 Å². The molecule has 0 aliphatic carbocycles. The Labute approximate surface area is 108 Å². The van der Waals surface area contributed by atoms with E-state index in [0.717, 1.165) is 36.8 Å².